The second kappa shape index (κ2) is 12.9. The lowest BCUT2D eigenvalue weighted by Gasteiger charge is -2.39. The van der Waals surface area contributed by atoms with Crippen molar-refractivity contribution in [1.29, 1.82) is 0 Å². The summed E-state index contributed by atoms with van der Waals surface area (Å²) in [7, 11) is 0. The lowest BCUT2D eigenvalue weighted by Crippen LogP contribution is -2.32. The van der Waals surface area contributed by atoms with Gasteiger partial charge in [0.15, 0.2) is 5.82 Å². The second-order valence-electron chi connectivity index (χ2n) is 14.5. The van der Waals surface area contributed by atoms with Gasteiger partial charge in [0.25, 0.3) is 0 Å². The predicted octanol–water partition coefficient (Wildman–Crippen LogP) is 13.3. The minimum Gasteiger partial charge on any atom is -0.457 e. The Hall–Kier alpha value is -7.36. The van der Waals surface area contributed by atoms with Crippen LogP contribution in [-0.2, 0) is 5.41 Å². The van der Waals surface area contributed by atoms with Gasteiger partial charge in [0.1, 0.15) is 11.5 Å². The number of benzene rings is 8. The van der Waals surface area contributed by atoms with Gasteiger partial charge in [-0.15, -0.1) is 0 Å². The van der Waals surface area contributed by atoms with E-state index in [9.17, 15) is 0 Å². The van der Waals surface area contributed by atoms with Crippen LogP contribution in [0.3, 0.4) is 0 Å². The van der Waals surface area contributed by atoms with Crippen LogP contribution in [0, 0.1) is 0 Å². The third-order valence-corrected chi connectivity index (χ3v) is 11.4. The zero-order chi connectivity index (χ0) is 37.1. The molecule has 0 bridgehead atoms. The molecule has 3 nitrogen and oxygen atoms in total. The number of hydrogen-bond donors (Lipinski definition) is 0. The normalized spacial score (nSPS) is 12.9. The SMILES string of the molecule is c1ccc(-c2ccc(-c3cc(-c4ccc(-c5ccc6c(c5)C5(c7ccccc7O6)c6ccccc6-c6ccccc65)cc4)nc(-c4ccccc4)n3)cc2)cc1. The molecule has 262 valence electrons. The first-order chi connectivity index (χ1) is 27.7. The molecule has 2 aliphatic rings. The van der Waals surface area contributed by atoms with Gasteiger partial charge >= 0.3 is 0 Å². The molecule has 0 radical (unpaired) electrons. The number of nitrogens with zero attached hydrogens (tertiary/aromatic N) is 2. The summed E-state index contributed by atoms with van der Waals surface area (Å²) in [6.45, 7) is 0. The van der Waals surface area contributed by atoms with Gasteiger partial charge in [0, 0.05) is 27.8 Å². The average molecular weight is 715 g/mol. The molecule has 0 saturated carbocycles. The van der Waals surface area contributed by atoms with Crippen LogP contribution in [0.4, 0.5) is 0 Å². The maximum absolute atomic E-state index is 6.67. The number of hydrogen-bond acceptors (Lipinski definition) is 3. The smallest absolute Gasteiger partial charge is 0.160 e. The number of ether oxygens (including phenoxy) is 1. The molecule has 0 atom stereocenters. The molecule has 11 rings (SSSR count). The van der Waals surface area contributed by atoms with Crippen LogP contribution in [0.15, 0.2) is 206 Å². The fraction of sp³-hybridized carbons (Fsp3) is 0.0189. The van der Waals surface area contributed by atoms with E-state index >= 15 is 0 Å². The van der Waals surface area contributed by atoms with Gasteiger partial charge in [-0.05, 0) is 68.8 Å². The summed E-state index contributed by atoms with van der Waals surface area (Å²) in [6.07, 6.45) is 0. The van der Waals surface area contributed by atoms with E-state index in [1.807, 2.05) is 24.3 Å². The maximum Gasteiger partial charge on any atom is 0.160 e. The Bertz CT molecular complexity index is 2870. The largest absolute Gasteiger partial charge is 0.457 e. The highest BCUT2D eigenvalue weighted by Gasteiger charge is 2.51. The van der Waals surface area contributed by atoms with E-state index in [4.69, 9.17) is 14.7 Å². The molecule has 0 amide bonds. The quantitative estimate of drug-likeness (QED) is 0.178. The van der Waals surface area contributed by atoms with Crippen molar-refractivity contribution in [2.45, 2.75) is 5.41 Å². The van der Waals surface area contributed by atoms with Crippen molar-refractivity contribution in [1.82, 2.24) is 9.97 Å². The molecular formula is C53H34N2O. The molecule has 1 spiro atoms. The fourth-order valence-corrected chi connectivity index (χ4v) is 8.79. The monoisotopic (exact) mass is 714 g/mol. The van der Waals surface area contributed by atoms with Crippen molar-refractivity contribution in [3.8, 4) is 78.8 Å². The summed E-state index contributed by atoms with van der Waals surface area (Å²) >= 11 is 0. The van der Waals surface area contributed by atoms with E-state index in [2.05, 4.69) is 182 Å². The highest BCUT2D eigenvalue weighted by Crippen LogP contribution is 2.62. The second-order valence-corrected chi connectivity index (χ2v) is 14.5. The Morgan fingerprint density at radius 2 is 0.732 bits per heavy atom. The van der Waals surface area contributed by atoms with E-state index in [1.54, 1.807) is 0 Å². The van der Waals surface area contributed by atoms with Crippen molar-refractivity contribution in [3.63, 3.8) is 0 Å². The standard InChI is InChI=1S/C53H34N2O/c1-3-13-35(14-4-1)36-23-27-38(28-24-36)48-34-49(55-52(54-48)40-15-5-2-6-16-40)39-29-25-37(26-30-39)41-31-32-51-47(33-41)53(46-21-11-12-22-50(46)56-51)44-19-9-7-17-42(44)43-18-8-10-20-45(43)53/h1-34H. The molecule has 0 unspecified atom stereocenters. The summed E-state index contributed by atoms with van der Waals surface area (Å²) in [5.74, 6) is 2.48. The van der Waals surface area contributed by atoms with Crippen molar-refractivity contribution in [3.05, 3.63) is 229 Å². The first-order valence-corrected chi connectivity index (χ1v) is 19.1. The van der Waals surface area contributed by atoms with Gasteiger partial charge in [-0.25, -0.2) is 9.97 Å². The van der Waals surface area contributed by atoms with E-state index in [0.29, 0.717) is 5.82 Å². The summed E-state index contributed by atoms with van der Waals surface area (Å²) in [6, 6.07) is 73.1. The molecule has 0 saturated heterocycles. The van der Waals surface area contributed by atoms with Crippen LogP contribution in [-0.4, -0.2) is 9.97 Å². The summed E-state index contributed by atoms with van der Waals surface area (Å²) in [5.41, 5.74) is 16.4. The molecule has 1 aliphatic heterocycles. The first kappa shape index (κ1) is 32.1. The van der Waals surface area contributed by atoms with Crippen LogP contribution in [0.2, 0.25) is 0 Å². The molecule has 2 heterocycles. The van der Waals surface area contributed by atoms with Gasteiger partial charge < -0.3 is 4.74 Å². The average Bonchev–Trinajstić information content (AvgIpc) is 3.57. The summed E-state index contributed by atoms with van der Waals surface area (Å²) in [5, 5.41) is 0. The molecule has 1 aliphatic carbocycles. The lowest BCUT2D eigenvalue weighted by atomic mass is 9.66. The molecular weight excluding hydrogens is 681 g/mol. The summed E-state index contributed by atoms with van der Waals surface area (Å²) < 4.78 is 6.67. The number of para-hydroxylation sites is 1. The van der Waals surface area contributed by atoms with Gasteiger partial charge in [-0.1, -0.05) is 182 Å². The zero-order valence-electron chi connectivity index (χ0n) is 30.4. The predicted molar refractivity (Wildman–Crippen MR) is 227 cm³/mol. The van der Waals surface area contributed by atoms with E-state index in [0.717, 1.165) is 56.3 Å². The van der Waals surface area contributed by atoms with Gasteiger partial charge in [0.05, 0.1) is 16.8 Å². The minimum atomic E-state index is -0.502. The van der Waals surface area contributed by atoms with Crippen LogP contribution >= 0.6 is 0 Å². The van der Waals surface area contributed by atoms with Crippen molar-refractivity contribution < 1.29 is 4.74 Å². The van der Waals surface area contributed by atoms with Crippen molar-refractivity contribution in [2.75, 3.05) is 0 Å². The number of aromatic nitrogens is 2. The first-order valence-electron chi connectivity index (χ1n) is 19.1. The van der Waals surface area contributed by atoms with Gasteiger partial charge in [-0.3, -0.25) is 0 Å². The van der Waals surface area contributed by atoms with Crippen molar-refractivity contribution in [2.24, 2.45) is 0 Å². The van der Waals surface area contributed by atoms with Crippen LogP contribution < -0.4 is 4.74 Å². The van der Waals surface area contributed by atoms with Crippen molar-refractivity contribution >= 4 is 0 Å². The highest BCUT2D eigenvalue weighted by atomic mass is 16.5. The maximum atomic E-state index is 6.67. The summed E-state index contributed by atoms with van der Waals surface area (Å²) in [4.78, 5) is 10.2. The molecule has 9 aromatic rings. The molecule has 0 fully saturated rings. The number of fused-ring (bicyclic) bond motifs is 9. The Kier molecular flexibility index (Phi) is 7.39. The molecule has 56 heavy (non-hydrogen) atoms. The van der Waals surface area contributed by atoms with E-state index in [-0.39, 0.29) is 0 Å². The molecule has 3 heteroatoms. The molecule has 1 aromatic heterocycles. The Labute approximate surface area is 326 Å². The van der Waals surface area contributed by atoms with Gasteiger partial charge in [-0.2, -0.15) is 0 Å². The topological polar surface area (TPSA) is 35.0 Å². The van der Waals surface area contributed by atoms with Crippen LogP contribution in [0.25, 0.3) is 67.3 Å². The zero-order valence-corrected chi connectivity index (χ0v) is 30.4. The molecule has 8 aromatic carbocycles. The lowest BCUT2D eigenvalue weighted by molar-refractivity contribution is 0.436. The van der Waals surface area contributed by atoms with Gasteiger partial charge in [0.2, 0.25) is 0 Å². The third kappa shape index (κ3) is 5.05. The van der Waals surface area contributed by atoms with E-state index < -0.39 is 5.41 Å². The van der Waals surface area contributed by atoms with Crippen LogP contribution in [0.1, 0.15) is 22.3 Å². The fourth-order valence-electron chi connectivity index (χ4n) is 8.79. The Balaban J connectivity index is 1.01. The highest BCUT2D eigenvalue weighted by molar-refractivity contribution is 5.89. The Morgan fingerprint density at radius 1 is 0.304 bits per heavy atom. The van der Waals surface area contributed by atoms with E-state index in [1.165, 1.54) is 38.9 Å². The third-order valence-electron chi connectivity index (χ3n) is 11.4. The molecule has 0 N–H and O–H groups in total. The number of rotatable bonds is 5. The Morgan fingerprint density at radius 3 is 1.34 bits per heavy atom. The van der Waals surface area contributed by atoms with Crippen LogP contribution in [0.5, 0.6) is 11.5 Å². The minimum absolute atomic E-state index is 0.502.